The van der Waals surface area contributed by atoms with Crippen molar-refractivity contribution in [3.8, 4) is 0 Å². The fourth-order valence-corrected chi connectivity index (χ4v) is 1.95. The maximum atomic E-state index is 12.9. The summed E-state index contributed by atoms with van der Waals surface area (Å²) in [7, 11) is 1.85. The lowest BCUT2D eigenvalue weighted by atomic mass is 10.2. The summed E-state index contributed by atoms with van der Waals surface area (Å²) in [5.41, 5.74) is 9.02. The summed E-state index contributed by atoms with van der Waals surface area (Å²) in [5.74, 6) is -0.275. The van der Waals surface area contributed by atoms with Gasteiger partial charge in [0.2, 0.25) is 0 Å². The number of hydrogen-bond donors (Lipinski definition) is 1. The van der Waals surface area contributed by atoms with Crippen LogP contribution in [0.1, 0.15) is 0 Å². The molecule has 0 radical (unpaired) electrons. The topological polar surface area (TPSA) is 68.2 Å². The molecule has 5 nitrogen and oxygen atoms in total. The van der Waals surface area contributed by atoms with Gasteiger partial charge in [-0.05, 0) is 46.7 Å². The number of nitrogen functional groups attached to an aromatic ring is 1. The van der Waals surface area contributed by atoms with Crippen LogP contribution in [0.15, 0.2) is 41.0 Å². The first kappa shape index (κ1) is 11.5. The van der Waals surface area contributed by atoms with Crippen LogP contribution in [0.3, 0.4) is 0 Å². The highest BCUT2D eigenvalue weighted by molar-refractivity contribution is 5.96. The van der Waals surface area contributed by atoms with Crippen LogP contribution in [0.25, 0.3) is 11.0 Å². The van der Waals surface area contributed by atoms with Crippen LogP contribution in [-0.2, 0) is 0 Å². The van der Waals surface area contributed by atoms with E-state index in [2.05, 4.69) is 10.3 Å². The average Bonchev–Trinajstić information content (AvgIpc) is 2.89. The zero-order valence-corrected chi connectivity index (χ0v) is 10.2. The first-order valence-electron chi connectivity index (χ1n) is 5.67. The van der Waals surface area contributed by atoms with E-state index in [1.807, 2.05) is 18.0 Å². The number of hydrogen-bond acceptors (Lipinski definition) is 5. The van der Waals surface area contributed by atoms with E-state index in [0.29, 0.717) is 16.7 Å². The van der Waals surface area contributed by atoms with Gasteiger partial charge in [0.05, 0.1) is 11.4 Å². The molecule has 0 saturated carbocycles. The number of nitrogens with zero attached hydrogens (tertiary/aromatic N) is 3. The van der Waals surface area contributed by atoms with Crippen LogP contribution in [0, 0.1) is 5.82 Å². The predicted octanol–water partition coefficient (Wildman–Crippen LogP) is 2.71. The lowest BCUT2D eigenvalue weighted by Crippen LogP contribution is -2.10. The average molecular weight is 258 g/mol. The van der Waals surface area contributed by atoms with Gasteiger partial charge in [-0.3, -0.25) is 0 Å². The van der Waals surface area contributed by atoms with Crippen molar-refractivity contribution in [1.82, 2.24) is 10.3 Å². The van der Waals surface area contributed by atoms with Crippen molar-refractivity contribution >= 4 is 28.1 Å². The van der Waals surface area contributed by atoms with E-state index >= 15 is 0 Å². The minimum Gasteiger partial charge on any atom is -0.397 e. The first-order valence-corrected chi connectivity index (χ1v) is 5.67. The zero-order chi connectivity index (χ0) is 13.4. The Hall–Kier alpha value is -2.63. The molecule has 0 atom stereocenters. The van der Waals surface area contributed by atoms with Crippen molar-refractivity contribution in [3.63, 3.8) is 0 Å². The fraction of sp³-hybridized carbons (Fsp3) is 0.0769. The predicted molar refractivity (Wildman–Crippen MR) is 70.7 cm³/mol. The number of benzene rings is 2. The molecule has 2 aromatic carbocycles. The third-order valence-corrected chi connectivity index (χ3v) is 3.00. The molecule has 96 valence electrons. The fourth-order valence-electron chi connectivity index (χ4n) is 1.95. The van der Waals surface area contributed by atoms with E-state index in [9.17, 15) is 4.39 Å². The van der Waals surface area contributed by atoms with Gasteiger partial charge in [-0.2, -0.15) is 0 Å². The van der Waals surface area contributed by atoms with Crippen molar-refractivity contribution in [3.05, 3.63) is 42.2 Å². The summed E-state index contributed by atoms with van der Waals surface area (Å²) in [5, 5.41) is 7.63. The molecule has 0 saturated heterocycles. The first-order chi connectivity index (χ1) is 9.16. The zero-order valence-electron chi connectivity index (χ0n) is 10.2. The van der Waals surface area contributed by atoms with E-state index in [0.717, 1.165) is 11.4 Å². The van der Waals surface area contributed by atoms with Gasteiger partial charge in [0.15, 0.2) is 11.0 Å². The molecule has 0 fully saturated rings. The Kier molecular flexibility index (Phi) is 2.56. The Morgan fingerprint density at radius 3 is 2.47 bits per heavy atom. The summed E-state index contributed by atoms with van der Waals surface area (Å²) < 4.78 is 17.7. The van der Waals surface area contributed by atoms with Crippen molar-refractivity contribution in [2.75, 3.05) is 17.7 Å². The second-order valence-corrected chi connectivity index (χ2v) is 4.17. The van der Waals surface area contributed by atoms with Gasteiger partial charge in [0.25, 0.3) is 0 Å². The quantitative estimate of drug-likeness (QED) is 0.716. The van der Waals surface area contributed by atoms with Gasteiger partial charge in [-0.25, -0.2) is 9.02 Å². The van der Waals surface area contributed by atoms with Crippen molar-refractivity contribution < 1.29 is 9.02 Å². The lowest BCUT2D eigenvalue weighted by Gasteiger charge is -2.19. The second kappa shape index (κ2) is 4.24. The lowest BCUT2D eigenvalue weighted by molar-refractivity contribution is 0.315. The minimum atomic E-state index is -0.275. The maximum Gasteiger partial charge on any atom is 0.160 e. The molecule has 3 aromatic rings. The van der Waals surface area contributed by atoms with Crippen LogP contribution in [0.4, 0.5) is 21.5 Å². The third-order valence-electron chi connectivity index (χ3n) is 3.00. The van der Waals surface area contributed by atoms with Crippen LogP contribution in [-0.4, -0.2) is 17.4 Å². The number of halogens is 1. The summed E-state index contributed by atoms with van der Waals surface area (Å²) in [6, 6.07) is 9.74. The molecule has 2 N–H and O–H groups in total. The van der Waals surface area contributed by atoms with Gasteiger partial charge in [-0.15, -0.1) is 0 Å². The van der Waals surface area contributed by atoms with Gasteiger partial charge in [0.1, 0.15) is 5.82 Å². The van der Waals surface area contributed by atoms with Crippen LogP contribution < -0.4 is 10.6 Å². The number of fused-ring (bicyclic) bond motifs is 1. The van der Waals surface area contributed by atoms with E-state index in [4.69, 9.17) is 10.4 Å². The number of aromatic nitrogens is 2. The van der Waals surface area contributed by atoms with E-state index in [1.165, 1.54) is 12.1 Å². The highest BCUT2D eigenvalue weighted by atomic mass is 19.1. The molecule has 0 spiro atoms. The largest absolute Gasteiger partial charge is 0.397 e. The van der Waals surface area contributed by atoms with E-state index in [1.54, 1.807) is 18.2 Å². The van der Waals surface area contributed by atoms with Crippen molar-refractivity contribution in [2.45, 2.75) is 0 Å². The van der Waals surface area contributed by atoms with Gasteiger partial charge >= 0.3 is 0 Å². The molecule has 3 rings (SSSR count). The van der Waals surface area contributed by atoms with Crippen LogP contribution >= 0.6 is 0 Å². The Balaban J connectivity index is 2.11. The molecular formula is C13H11FN4O. The summed E-state index contributed by atoms with van der Waals surface area (Å²) in [4.78, 5) is 1.87. The normalized spacial score (nSPS) is 10.8. The Bertz CT molecular complexity index is 723. The van der Waals surface area contributed by atoms with Gasteiger partial charge in [0, 0.05) is 12.7 Å². The SMILES string of the molecule is CN(c1ccc(F)cc1)c1ccc(N)c2nonc12. The Labute approximate surface area is 108 Å². The molecule has 0 bridgehead atoms. The number of nitrogens with two attached hydrogens (primary N) is 1. The highest BCUT2D eigenvalue weighted by Gasteiger charge is 2.14. The van der Waals surface area contributed by atoms with Crippen LogP contribution in [0.5, 0.6) is 0 Å². The molecule has 0 aliphatic rings. The molecule has 0 unspecified atom stereocenters. The minimum absolute atomic E-state index is 0.275. The molecule has 0 aliphatic heterocycles. The number of rotatable bonds is 2. The third kappa shape index (κ3) is 1.87. The van der Waals surface area contributed by atoms with E-state index < -0.39 is 0 Å². The Morgan fingerprint density at radius 1 is 1.05 bits per heavy atom. The number of anilines is 3. The summed E-state index contributed by atoms with van der Waals surface area (Å²) in [6.07, 6.45) is 0. The van der Waals surface area contributed by atoms with Gasteiger partial charge in [-0.1, -0.05) is 0 Å². The molecule has 1 heterocycles. The maximum absolute atomic E-state index is 12.9. The summed E-state index contributed by atoms with van der Waals surface area (Å²) in [6.45, 7) is 0. The Morgan fingerprint density at radius 2 is 1.74 bits per heavy atom. The smallest absolute Gasteiger partial charge is 0.160 e. The second-order valence-electron chi connectivity index (χ2n) is 4.17. The highest BCUT2D eigenvalue weighted by Crippen LogP contribution is 2.31. The summed E-state index contributed by atoms with van der Waals surface area (Å²) >= 11 is 0. The van der Waals surface area contributed by atoms with Crippen molar-refractivity contribution in [1.29, 1.82) is 0 Å². The molecule has 0 amide bonds. The van der Waals surface area contributed by atoms with Crippen molar-refractivity contribution in [2.24, 2.45) is 0 Å². The molecule has 6 heteroatoms. The molecule has 1 aromatic heterocycles. The monoisotopic (exact) mass is 258 g/mol. The van der Waals surface area contributed by atoms with E-state index in [-0.39, 0.29) is 5.82 Å². The van der Waals surface area contributed by atoms with Crippen LogP contribution in [0.2, 0.25) is 0 Å². The molecule has 19 heavy (non-hydrogen) atoms. The molecular weight excluding hydrogens is 247 g/mol. The standard InChI is InChI=1S/C13H11FN4O/c1-18(9-4-2-8(14)3-5-9)11-7-6-10(15)12-13(11)17-19-16-12/h2-7H,15H2,1H3. The van der Waals surface area contributed by atoms with Gasteiger partial charge < -0.3 is 10.6 Å². The molecule has 0 aliphatic carbocycles.